The van der Waals surface area contributed by atoms with Crippen molar-refractivity contribution < 1.29 is 22.8 Å². The average Bonchev–Trinajstić information content (AvgIpc) is 2.26. The van der Waals surface area contributed by atoms with E-state index in [1.54, 1.807) is 0 Å². The van der Waals surface area contributed by atoms with Crippen LogP contribution in [0.25, 0.3) is 0 Å². The normalized spacial score (nSPS) is 14.2. The van der Waals surface area contributed by atoms with E-state index < -0.39 is 14.5 Å². The number of carbonyl (C=O) groups is 1. The Kier molecular flexibility index (Phi) is 9.00. The fraction of sp³-hybridized carbons (Fsp3) is 0.923. The van der Waals surface area contributed by atoms with E-state index in [0.29, 0.717) is 26.2 Å². The van der Waals surface area contributed by atoms with Crippen molar-refractivity contribution >= 4 is 27.4 Å². The molecule has 20 heavy (non-hydrogen) atoms. The fourth-order valence-electron chi connectivity index (χ4n) is 1.90. The van der Waals surface area contributed by atoms with Gasteiger partial charge < -0.3 is 18.0 Å². The maximum absolute atomic E-state index is 11.4. The topological polar surface area (TPSA) is 54.0 Å². The van der Waals surface area contributed by atoms with E-state index in [4.69, 9.17) is 18.0 Å². The molecule has 5 nitrogen and oxygen atoms in total. The summed E-state index contributed by atoms with van der Waals surface area (Å²) >= 11 is 4.52. The molecule has 0 aromatic rings. The Morgan fingerprint density at radius 1 is 1.10 bits per heavy atom. The van der Waals surface area contributed by atoms with E-state index in [1.807, 2.05) is 34.6 Å². The number of ether oxygens (including phenoxy) is 1. The van der Waals surface area contributed by atoms with Crippen LogP contribution in [0.4, 0.5) is 0 Å². The van der Waals surface area contributed by atoms with E-state index in [0.717, 1.165) is 0 Å². The molecule has 0 amide bonds. The Hall–Kier alpha value is -0.0831. The standard InChI is InChI=1S/C13H28O5SSi/c1-7-15-20(16-8-2,17-9-3)12(18-11(4)14)10-13(5,6)19/h12,19H,7-10H2,1-6H3. The number of hydrogen-bond acceptors (Lipinski definition) is 6. The first-order valence-electron chi connectivity index (χ1n) is 7.02. The third-order valence-electron chi connectivity index (χ3n) is 2.42. The second-order valence-electron chi connectivity index (χ2n) is 5.02. The first-order chi connectivity index (χ1) is 9.20. The molecule has 0 fully saturated rings. The molecule has 0 aromatic heterocycles. The summed E-state index contributed by atoms with van der Waals surface area (Å²) in [5, 5.41) is 0. The molecule has 120 valence electrons. The van der Waals surface area contributed by atoms with Crippen molar-refractivity contribution in [2.24, 2.45) is 0 Å². The van der Waals surface area contributed by atoms with Gasteiger partial charge in [-0.1, -0.05) is 13.8 Å². The zero-order chi connectivity index (χ0) is 15.8. The van der Waals surface area contributed by atoms with Gasteiger partial charge in [-0.3, -0.25) is 4.79 Å². The Morgan fingerprint density at radius 2 is 1.50 bits per heavy atom. The van der Waals surface area contributed by atoms with Gasteiger partial charge in [0, 0.05) is 37.9 Å². The lowest BCUT2D eigenvalue weighted by molar-refractivity contribution is -0.147. The highest BCUT2D eigenvalue weighted by Crippen LogP contribution is 2.28. The predicted molar refractivity (Wildman–Crippen MR) is 83.9 cm³/mol. The van der Waals surface area contributed by atoms with Crippen LogP contribution in [0.5, 0.6) is 0 Å². The van der Waals surface area contributed by atoms with Crippen LogP contribution in [0.15, 0.2) is 0 Å². The monoisotopic (exact) mass is 324 g/mol. The molecule has 0 spiro atoms. The van der Waals surface area contributed by atoms with E-state index in [1.165, 1.54) is 6.92 Å². The predicted octanol–water partition coefficient (Wildman–Crippen LogP) is 2.60. The second kappa shape index (κ2) is 9.04. The van der Waals surface area contributed by atoms with Crippen molar-refractivity contribution in [2.75, 3.05) is 19.8 Å². The summed E-state index contributed by atoms with van der Waals surface area (Å²) in [6.45, 7) is 12.2. The van der Waals surface area contributed by atoms with Crippen molar-refractivity contribution in [3.05, 3.63) is 0 Å². The van der Waals surface area contributed by atoms with Crippen LogP contribution < -0.4 is 0 Å². The first-order valence-corrected chi connectivity index (χ1v) is 9.27. The molecule has 0 aliphatic heterocycles. The molecule has 0 radical (unpaired) electrons. The molecule has 0 aliphatic carbocycles. The van der Waals surface area contributed by atoms with Gasteiger partial charge in [-0.25, -0.2) is 0 Å². The zero-order valence-electron chi connectivity index (χ0n) is 13.4. The number of carbonyl (C=O) groups excluding carboxylic acids is 1. The number of thiol groups is 1. The van der Waals surface area contributed by atoms with Crippen LogP contribution >= 0.6 is 12.6 Å². The average molecular weight is 325 g/mol. The molecule has 0 aliphatic rings. The lowest BCUT2D eigenvalue weighted by atomic mass is 10.1. The summed E-state index contributed by atoms with van der Waals surface area (Å²) in [5.74, 6) is -0.372. The van der Waals surface area contributed by atoms with Gasteiger partial charge in [-0.05, 0) is 20.8 Å². The van der Waals surface area contributed by atoms with E-state index in [9.17, 15) is 4.79 Å². The van der Waals surface area contributed by atoms with Crippen molar-refractivity contribution in [3.63, 3.8) is 0 Å². The molecule has 0 rings (SSSR count). The van der Waals surface area contributed by atoms with Gasteiger partial charge in [0.25, 0.3) is 0 Å². The summed E-state index contributed by atoms with van der Waals surface area (Å²) in [6, 6.07) is 0. The van der Waals surface area contributed by atoms with Crippen LogP contribution in [0.2, 0.25) is 0 Å². The van der Waals surface area contributed by atoms with Crippen LogP contribution in [0, 0.1) is 0 Å². The minimum atomic E-state index is -3.09. The smallest absolute Gasteiger partial charge is 0.458 e. The molecular weight excluding hydrogens is 296 g/mol. The van der Waals surface area contributed by atoms with Crippen LogP contribution in [0.1, 0.15) is 48.0 Å². The maximum Gasteiger partial charge on any atom is 0.544 e. The Balaban J connectivity index is 5.37. The van der Waals surface area contributed by atoms with Gasteiger partial charge >= 0.3 is 14.8 Å². The van der Waals surface area contributed by atoms with Gasteiger partial charge in [-0.15, -0.1) is 0 Å². The maximum atomic E-state index is 11.4. The molecule has 7 heteroatoms. The van der Waals surface area contributed by atoms with Gasteiger partial charge in [-0.2, -0.15) is 12.6 Å². The molecule has 1 atom stereocenters. The highest BCUT2D eigenvalue weighted by Gasteiger charge is 2.53. The summed E-state index contributed by atoms with van der Waals surface area (Å²) in [5.41, 5.74) is -0.549. The first kappa shape index (κ1) is 19.9. The largest absolute Gasteiger partial charge is 0.544 e. The number of hydrogen-bond donors (Lipinski definition) is 1. The van der Waals surface area contributed by atoms with Crippen LogP contribution in [-0.4, -0.2) is 45.1 Å². The van der Waals surface area contributed by atoms with Crippen LogP contribution in [-0.2, 0) is 22.8 Å². The number of esters is 1. The highest BCUT2D eigenvalue weighted by molar-refractivity contribution is 7.81. The minimum Gasteiger partial charge on any atom is -0.458 e. The Bertz CT molecular complexity index is 276. The molecule has 0 N–H and O–H groups in total. The SMILES string of the molecule is CCO[Si](OCC)(OCC)C(CC(C)(C)S)OC(C)=O. The summed E-state index contributed by atoms with van der Waals surface area (Å²) in [6.07, 6.45) is 0.502. The molecule has 1 unspecified atom stereocenters. The molecule has 0 aromatic carbocycles. The molecular formula is C13H28O5SSi. The summed E-state index contributed by atoms with van der Waals surface area (Å²) < 4.78 is 22.5. The van der Waals surface area contributed by atoms with Gasteiger partial charge in [0.2, 0.25) is 0 Å². The fourth-order valence-corrected chi connectivity index (χ4v) is 5.32. The molecule has 0 heterocycles. The van der Waals surface area contributed by atoms with Crippen molar-refractivity contribution in [3.8, 4) is 0 Å². The number of rotatable bonds is 10. The summed E-state index contributed by atoms with van der Waals surface area (Å²) in [7, 11) is -3.09. The van der Waals surface area contributed by atoms with Crippen LogP contribution in [0.3, 0.4) is 0 Å². The van der Waals surface area contributed by atoms with Crippen molar-refractivity contribution in [2.45, 2.75) is 58.4 Å². The van der Waals surface area contributed by atoms with Crippen molar-refractivity contribution in [1.29, 1.82) is 0 Å². The minimum absolute atomic E-state index is 0.330. The third kappa shape index (κ3) is 7.08. The highest BCUT2D eigenvalue weighted by atomic mass is 32.1. The summed E-state index contributed by atoms with van der Waals surface area (Å²) in [4.78, 5) is 11.4. The van der Waals surface area contributed by atoms with Gasteiger partial charge in [0.15, 0.2) is 5.73 Å². The lowest BCUT2D eigenvalue weighted by Gasteiger charge is -2.36. The third-order valence-corrected chi connectivity index (χ3v) is 5.79. The van der Waals surface area contributed by atoms with E-state index in [2.05, 4.69) is 12.6 Å². The van der Waals surface area contributed by atoms with E-state index in [-0.39, 0.29) is 10.7 Å². The van der Waals surface area contributed by atoms with Gasteiger partial charge in [0.1, 0.15) is 0 Å². The molecule has 0 saturated carbocycles. The lowest BCUT2D eigenvalue weighted by Crippen LogP contribution is -2.59. The second-order valence-corrected chi connectivity index (χ2v) is 8.94. The quantitative estimate of drug-likeness (QED) is 0.380. The van der Waals surface area contributed by atoms with Crippen molar-refractivity contribution in [1.82, 2.24) is 0 Å². The Morgan fingerprint density at radius 3 is 1.75 bits per heavy atom. The Labute approximate surface area is 129 Å². The van der Waals surface area contributed by atoms with Gasteiger partial charge in [0.05, 0.1) is 0 Å². The molecule has 0 bridgehead atoms. The molecule has 0 saturated heterocycles. The van der Waals surface area contributed by atoms with E-state index >= 15 is 0 Å². The zero-order valence-corrected chi connectivity index (χ0v) is 15.3.